The molecule has 1 fully saturated rings. The molecule has 4 atom stereocenters. The monoisotopic (exact) mass is 433 g/mol. The second-order valence-electron chi connectivity index (χ2n) is 9.32. The van der Waals surface area contributed by atoms with Crippen LogP contribution in [0.3, 0.4) is 0 Å². The van der Waals surface area contributed by atoms with Crippen molar-refractivity contribution in [2.75, 3.05) is 13.7 Å². The van der Waals surface area contributed by atoms with E-state index in [4.69, 9.17) is 4.74 Å². The molecule has 9 nitrogen and oxygen atoms in total. The van der Waals surface area contributed by atoms with Crippen LogP contribution in [0.5, 0.6) is 5.75 Å². The van der Waals surface area contributed by atoms with Crippen LogP contribution >= 0.6 is 0 Å². The van der Waals surface area contributed by atoms with Gasteiger partial charge in [-0.3, -0.25) is 0 Å². The van der Waals surface area contributed by atoms with Crippen molar-refractivity contribution in [3.8, 4) is 5.75 Å². The molecule has 1 aromatic rings. The lowest BCUT2D eigenvalue weighted by Gasteiger charge is -2.46. The second-order valence-corrected chi connectivity index (χ2v) is 9.32. The molecule has 0 radical (unpaired) electrons. The van der Waals surface area contributed by atoms with Gasteiger partial charge >= 0.3 is 12.0 Å². The summed E-state index contributed by atoms with van der Waals surface area (Å²) in [7, 11) is 1.50. The van der Waals surface area contributed by atoms with Crippen molar-refractivity contribution in [2.45, 2.75) is 58.2 Å². The largest absolute Gasteiger partial charge is 0.497 e. The smallest absolute Gasteiger partial charge is 0.329 e. The number of carbonyl (C=O) groups excluding carboxylic acids is 2. The van der Waals surface area contributed by atoms with E-state index in [2.05, 4.69) is 29.5 Å². The van der Waals surface area contributed by atoms with Gasteiger partial charge in [0.2, 0.25) is 6.08 Å². The Morgan fingerprint density at radius 1 is 1.26 bits per heavy atom. The summed E-state index contributed by atoms with van der Waals surface area (Å²) >= 11 is 0. The number of carbonyl (C=O) groups is 2. The first-order chi connectivity index (χ1) is 14.5. The van der Waals surface area contributed by atoms with E-state index in [9.17, 15) is 24.6 Å². The molecule has 0 aromatic heterocycles. The lowest BCUT2D eigenvalue weighted by atomic mass is 9.62. The number of nitrogens with zero attached hydrogens (tertiary/aromatic N) is 1. The van der Waals surface area contributed by atoms with Crippen molar-refractivity contribution in [1.29, 1.82) is 0 Å². The summed E-state index contributed by atoms with van der Waals surface area (Å²) in [5.74, 6) is -0.789. The topological polar surface area (TPSA) is 137 Å². The van der Waals surface area contributed by atoms with Crippen molar-refractivity contribution in [3.05, 3.63) is 29.8 Å². The lowest BCUT2D eigenvalue weighted by Crippen LogP contribution is -2.54. The number of hydrogen-bond donors (Lipinski definition) is 4. The van der Waals surface area contributed by atoms with Crippen LogP contribution in [-0.2, 0) is 9.59 Å². The first kappa shape index (κ1) is 24.4. The standard InChI is InChI=1S/C22H31N3O6/c1-21(2)9-15(10-22(3,11-21)12-23-13-26)24-20(30)25-17(19(28)29)18(27)14-5-7-16(31-4)8-6-14/h5-8,15,17-18,27H,9-12H2,1-4H3,(H,28,29)(H2,24,25,30). The van der Waals surface area contributed by atoms with E-state index in [0.717, 1.165) is 6.42 Å². The van der Waals surface area contributed by atoms with Gasteiger partial charge in [-0.25, -0.2) is 19.4 Å². The number of carboxylic acids is 1. The first-order valence-electron chi connectivity index (χ1n) is 10.1. The summed E-state index contributed by atoms with van der Waals surface area (Å²) < 4.78 is 5.06. The first-order valence-corrected chi connectivity index (χ1v) is 10.1. The number of amides is 2. The number of aliphatic hydroxyl groups excluding tert-OH is 1. The van der Waals surface area contributed by atoms with Crippen LogP contribution in [0.2, 0.25) is 0 Å². The molecule has 4 unspecified atom stereocenters. The Morgan fingerprint density at radius 3 is 2.45 bits per heavy atom. The van der Waals surface area contributed by atoms with Gasteiger partial charge in [0.1, 0.15) is 11.9 Å². The number of aliphatic imine (C=N–C) groups is 1. The number of aliphatic carboxylic acids is 1. The fourth-order valence-electron chi connectivity index (χ4n) is 4.72. The molecule has 0 bridgehead atoms. The Labute approximate surface area is 181 Å². The number of nitrogens with one attached hydrogen (secondary N) is 2. The highest BCUT2D eigenvalue weighted by molar-refractivity contribution is 5.83. The van der Waals surface area contributed by atoms with Crippen LogP contribution in [0.25, 0.3) is 0 Å². The highest BCUT2D eigenvalue weighted by Gasteiger charge is 2.42. The quantitative estimate of drug-likeness (QED) is 0.367. The number of carboxylic acid groups (broad SMARTS) is 1. The third kappa shape index (κ3) is 6.80. The number of isocyanates is 1. The summed E-state index contributed by atoms with van der Waals surface area (Å²) in [4.78, 5) is 38.6. The van der Waals surface area contributed by atoms with Gasteiger partial charge in [0.15, 0.2) is 6.04 Å². The molecule has 1 aromatic carbocycles. The van der Waals surface area contributed by atoms with Gasteiger partial charge < -0.3 is 25.6 Å². The summed E-state index contributed by atoms with van der Waals surface area (Å²) in [6.07, 6.45) is 2.25. The molecule has 2 rings (SSSR count). The average Bonchev–Trinajstić information content (AvgIpc) is 2.68. The predicted octanol–water partition coefficient (Wildman–Crippen LogP) is 2.40. The number of methoxy groups -OCH3 is 1. The van der Waals surface area contributed by atoms with E-state index in [-0.39, 0.29) is 16.9 Å². The lowest BCUT2D eigenvalue weighted by molar-refractivity contribution is -0.142. The molecule has 1 aliphatic rings. The van der Waals surface area contributed by atoms with E-state index < -0.39 is 24.1 Å². The molecule has 1 saturated carbocycles. The molecular weight excluding hydrogens is 402 g/mol. The van der Waals surface area contributed by atoms with Crippen molar-refractivity contribution in [2.24, 2.45) is 15.8 Å². The molecule has 1 aliphatic carbocycles. The Kier molecular flexibility index (Phi) is 7.81. The maximum atomic E-state index is 12.6. The molecule has 4 N–H and O–H groups in total. The molecule has 170 valence electrons. The number of ether oxygens (including phenoxy) is 1. The van der Waals surface area contributed by atoms with Crippen LogP contribution in [0.4, 0.5) is 4.79 Å². The summed E-state index contributed by atoms with van der Waals surface area (Å²) in [6.45, 7) is 6.48. The Morgan fingerprint density at radius 2 is 1.90 bits per heavy atom. The molecule has 31 heavy (non-hydrogen) atoms. The normalized spacial score (nSPS) is 24.2. The minimum Gasteiger partial charge on any atom is -0.497 e. The van der Waals surface area contributed by atoms with Gasteiger partial charge in [-0.15, -0.1) is 0 Å². The number of aliphatic hydroxyl groups is 1. The van der Waals surface area contributed by atoms with Crippen LogP contribution in [0.15, 0.2) is 29.3 Å². The van der Waals surface area contributed by atoms with E-state index in [1.54, 1.807) is 30.3 Å². The highest BCUT2D eigenvalue weighted by atomic mass is 16.5. The van der Waals surface area contributed by atoms with Gasteiger partial charge in [-0.05, 0) is 47.8 Å². The van der Waals surface area contributed by atoms with Gasteiger partial charge in [-0.1, -0.05) is 32.9 Å². The van der Waals surface area contributed by atoms with E-state index >= 15 is 0 Å². The molecule has 0 aliphatic heterocycles. The van der Waals surface area contributed by atoms with Gasteiger partial charge in [0.05, 0.1) is 13.7 Å². The third-order valence-electron chi connectivity index (χ3n) is 5.63. The minimum absolute atomic E-state index is 0.0990. The molecule has 9 heteroatoms. The molecule has 0 heterocycles. The van der Waals surface area contributed by atoms with Gasteiger partial charge in [0, 0.05) is 6.04 Å². The van der Waals surface area contributed by atoms with Crippen LogP contribution in [-0.4, -0.2) is 54.0 Å². The van der Waals surface area contributed by atoms with Crippen LogP contribution in [0.1, 0.15) is 51.7 Å². The maximum absolute atomic E-state index is 12.6. The molecule has 0 saturated heterocycles. The summed E-state index contributed by atoms with van der Waals surface area (Å²) in [5.41, 5.74) is -0.0454. The summed E-state index contributed by atoms with van der Waals surface area (Å²) in [5, 5.41) is 25.3. The Balaban J connectivity index is 2.08. The molecule has 0 spiro atoms. The zero-order valence-electron chi connectivity index (χ0n) is 18.3. The Hall–Kier alpha value is -2.90. The number of hydrogen-bond acceptors (Lipinski definition) is 6. The third-order valence-corrected chi connectivity index (χ3v) is 5.63. The number of benzene rings is 1. The van der Waals surface area contributed by atoms with Crippen LogP contribution < -0.4 is 15.4 Å². The second kappa shape index (κ2) is 9.94. The van der Waals surface area contributed by atoms with Gasteiger partial charge in [0.25, 0.3) is 0 Å². The summed E-state index contributed by atoms with van der Waals surface area (Å²) in [6, 6.07) is 3.85. The van der Waals surface area contributed by atoms with Crippen LogP contribution in [0, 0.1) is 10.8 Å². The molecule has 2 amide bonds. The SMILES string of the molecule is COc1ccc(C(O)C(NC(=O)NC2CC(C)(C)CC(C)(CN=C=O)C2)C(=O)O)cc1. The minimum atomic E-state index is -1.53. The van der Waals surface area contributed by atoms with Crippen molar-refractivity contribution >= 4 is 18.1 Å². The highest BCUT2D eigenvalue weighted by Crippen LogP contribution is 2.46. The number of rotatable bonds is 8. The zero-order chi connectivity index (χ0) is 23.2. The number of urea groups is 1. The maximum Gasteiger partial charge on any atom is 0.329 e. The fourth-order valence-corrected chi connectivity index (χ4v) is 4.72. The van der Waals surface area contributed by atoms with Gasteiger partial charge in [-0.2, -0.15) is 0 Å². The van der Waals surface area contributed by atoms with Crippen molar-refractivity contribution in [3.63, 3.8) is 0 Å². The Bertz CT molecular complexity index is 834. The van der Waals surface area contributed by atoms with Crippen molar-refractivity contribution < 1.29 is 29.3 Å². The average molecular weight is 434 g/mol. The fraction of sp³-hybridized carbons (Fsp3) is 0.591. The van der Waals surface area contributed by atoms with E-state index in [1.807, 2.05) is 6.92 Å². The zero-order valence-corrected chi connectivity index (χ0v) is 18.3. The van der Waals surface area contributed by atoms with E-state index in [1.165, 1.54) is 7.11 Å². The molecular formula is C22H31N3O6. The van der Waals surface area contributed by atoms with E-state index in [0.29, 0.717) is 30.7 Å². The predicted molar refractivity (Wildman–Crippen MR) is 114 cm³/mol. The van der Waals surface area contributed by atoms with Crippen molar-refractivity contribution in [1.82, 2.24) is 10.6 Å².